The Balaban J connectivity index is 1.00. The molecule has 0 N–H and O–H groups in total. The molecule has 0 fully saturated rings. The van der Waals surface area contributed by atoms with Crippen LogP contribution in [-0.2, 0) is 0 Å². The van der Waals surface area contributed by atoms with Crippen molar-refractivity contribution in [1.82, 2.24) is 0 Å². The third-order valence-electron chi connectivity index (χ3n) is 9.32. The maximum atomic E-state index is 2.46. The molecule has 0 aliphatic heterocycles. The van der Waals surface area contributed by atoms with Gasteiger partial charge in [0.1, 0.15) is 0 Å². The van der Waals surface area contributed by atoms with E-state index in [1.165, 1.54) is 54.1 Å². The van der Waals surface area contributed by atoms with Crippen LogP contribution in [-0.4, -0.2) is 0 Å². The summed E-state index contributed by atoms with van der Waals surface area (Å²) in [7, 11) is -1.18. The molecule has 2 unspecified atom stereocenters. The standard InChI is InChI=1S/C44H36P2/c1-5-13-37(14-6-1)45(38-15-7-2-8-16-38)41-27-29-43-33(23-25-35(43)31-41)21-22-34-24-26-36-32-42(28-30-44(34)36)46(39-17-9-3-10-18-39)40-19-11-4-12-20-40/h1-20,23-34H,21-22H2. The van der Waals surface area contributed by atoms with Gasteiger partial charge in [0.2, 0.25) is 0 Å². The van der Waals surface area contributed by atoms with E-state index in [9.17, 15) is 0 Å². The highest BCUT2D eigenvalue weighted by Crippen LogP contribution is 2.42. The molecule has 0 bridgehead atoms. The van der Waals surface area contributed by atoms with Crippen LogP contribution in [0.2, 0.25) is 0 Å². The lowest BCUT2D eigenvalue weighted by Crippen LogP contribution is -2.21. The van der Waals surface area contributed by atoms with Crippen LogP contribution < -0.4 is 31.8 Å². The second kappa shape index (κ2) is 13.2. The molecule has 2 aliphatic rings. The van der Waals surface area contributed by atoms with Crippen molar-refractivity contribution in [3.8, 4) is 0 Å². The van der Waals surface area contributed by atoms with E-state index in [0.29, 0.717) is 11.8 Å². The number of fused-ring (bicyclic) bond motifs is 2. The van der Waals surface area contributed by atoms with Crippen molar-refractivity contribution in [2.75, 3.05) is 0 Å². The molecule has 2 atom stereocenters. The van der Waals surface area contributed by atoms with Gasteiger partial charge in [0.15, 0.2) is 0 Å². The number of allylic oxidation sites excluding steroid dienone is 2. The minimum atomic E-state index is -0.590. The zero-order valence-electron chi connectivity index (χ0n) is 25.8. The van der Waals surface area contributed by atoms with Crippen molar-refractivity contribution in [3.63, 3.8) is 0 Å². The van der Waals surface area contributed by atoms with Crippen molar-refractivity contribution in [2.24, 2.45) is 0 Å². The Kier molecular flexibility index (Phi) is 8.33. The van der Waals surface area contributed by atoms with Gasteiger partial charge in [-0.15, -0.1) is 0 Å². The maximum Gasteiger partial charge on any atom is 0.00275 e. The molecule has 2 heteroatoms. The highest BCUT2D eigenvalue weighted by Gasteiger charge is 2.25. The molecule has 0 aromatic heterocycles. The number of benzene rings is 6. The largest absolute Gasteiger partial charge is 0.0764 e. The fourth-order valence-corrected chi connectivity index (χ4v) is 11.7. The van der Waals surface area contributed by atoms with Crippen molar-refractivity contribution < 1.29 is 0 Å². The Hall–Kier alpha value is -4.34. The Bertz CT molecular complexity index is 1770. The zero-order chi connectivity index (χ0) is 30.7. The third-order valence-corrected chi connectivity index (χ3v) is 14.2. The smallest absolute Gasteiger partial charge is 0.00275 e. The summed E-state index contributed by atoms with van der Waals surface area (Å²) in [6.07, 6.45) is 11.9. The molecule has 222 valence electrons. The first kappa shape index (κ1) is 29.1. The summed E-state index contributed by atoms with van der Waals surface area (Å²) in [5, 5.41) is 8.44. The van der Waals surface area contributed by atoms with Gasteiger partial charge in [-0.2, -0.15) is 0 Å². The summed E-state index contributed by atoms with van der Waals surface area (Å²) in [4.78, 5) is 0. The van der Waals surface area contributed by atoms with Crippen molar-refractivity contribution in [2.45, 2.75) is 24.7 Å². The lowest BCUT2D eigenvalue weighted by molar-refractivity contribution is 0.642. The van der Waals surface area contributed by atoms with E-state index in [1.807, 2.05) is 0 Å². The van der Waals surface area contributed by atoms with E-state index in [2.05, 4.69) is 182 Å². The van der Waals surface area contributed by atoms with Gasteiger partial charge in [-0.05, 0) is 94.9 Å². The molecule has 0 nitrogen and oxygen atoms in total. The van der Waals surface area contributed by atoms with Crippen LogP contribution in [0.4, 0.5) is 0 Å². The van der Waals surface area contributed by atoms with Crippen LogP contribution in [0.15, 0.2) is 170 Å². The average molecular weight is 627 g/mol. The molecule has 0 radical (unpaired) electrons. The molecule has 8 rings (SSSR count). The van der Waals surface area contributed by atoms with Crippen molar-refractivity contribution in [1.29, 1.82) is 0 Å². The topological polar surface area (TPSA) is 0 Å². The van der Waals surface area contributed by atoms with Crippen LogP contribution in [0.25, 0.3) is 12.2 Å². The van der Waals surface area contributed by atoms with Crippen LogP contribution in [0, 0.1) is 0 Å². The molecule has 0 spiro atoms. The fourth-order valence-electron chi connectivity index (χ4n) is 7.08. The molecule has 6 aromatic rings. The van der Waals surface area contributed by atoms with Crippen molar-refractivity contribution >= 4 is 59.8 Å². The molecule has 2 aliphatic carbocycles. The molecule has 0 amide bonds. The zero-order valence-corrected chi connectivity index (χ0v) is 27.6. The lowest BCUT2D eigenvalue weighted by Gasteiger charge is -2.21. The Morgan fingerprint density at radius 1 is 0.348 bits per heavy atom. The minimum absolute atomic E-state index is 0.476. The normalized spacial score (nSPS) is 16.2. The highest BCUT2D eigenvalue weighted by molar-refractivity contribution is 7.80. The highest BCUT2D eigenvalue weighted by atomic mass is 31.1. The summed E-state index contributed by atoms with van der Waals surface area (Å²) in [6, 6.07) is 58.6. The quantitative estimate of drug-likeness (QED) is 0.141. The Morgan fingerprint density at radius 2 is 0.674 bits per heavy atom. The van der Waals surface area contributed by atoms with Crippen LogP contribution in [0.5, 0.6) is 0 Å². The lowest BCUT2D eigenvalue weighted by atomic mass is 9.89. The van der Waals surface area contributed by atoms with Gasteiger partial charge in [0, 0.05) is 11.8 Å². The van der Waals surface area contributed by atoms with E-state index in [4.69, 9.17) is 0 Å². The number of hydrogen-bond acceptors (Lipinski definition) is 0. The van der Waals surface area contributed by atoms with Gasteiger partial charge in [-0.3, -0.25) is 0 Å². The van der Waals surface area contributed by atoms with E-state index in [0.717, 1.165) is 12.8 Å². The van der Waals surface area contributed by atoms with E-state index < -0.39 is 15.8 Å². The van der Waals surface area contributed by atoms with Gasteiger partial charge in [-0.1, -0.05) is 170 Å². The first-order valence-electron chi connectivity index (χ1n) is 16.3. The molecule has 0 saturated carbocycles. The third kappa shape index (κ3) is 5.85. The predicted molar refractivity (Wildman–Crippen MR) is 203 cm³/mol. The molecule has 0 heterocycles. The van der Waals surface area contributed by atoms with Crippen LogP contribution >= 0.6 is 15.8 Å². The number of rotatable bonds is 9. The summed E-state index contributed by atoms with van der Waals surface area (Å²) in [6.45, 7) is 0. The summed E-state index contributed by atoms with van der Waals surface area (Å²) >= 11 is 0. The Morgan fingerprint density at radius 3 is 1.00 bits per heavy atom. The molecule has 6 aromatic carbocycles. The first-order chi connectivity index (χ1) is 22.8. The molecular weight excluding hydrogens is 590 g/mol. The van der Waals surface area contributed by atoms with Crippen LogP contribution in [0.1, 0.15) is 46.9 Å². The summed E-state index contributed by atoms with van der Waals surface area (Å²) in [5.74, 6) is 0.953. The average Bonchev–Trinajstić information content (AvgIpc) is 3.72. The SMILES string of the molecule is C1=CC(CCC2C=Cc3cc(P(c4ccccc4)c4ccccc4)ccc32)c2ccc(P(c3ccccc3)c3ccccc3)cc21. The van der Waals surface area contributed by atoms with E-state index >= 15 is 0 Å². The number of hydrogen-bond donors (Lipinski definition) is 0. The second-order valence-corrected chi connectivity index (χ2v) is 16.6. The predicted octanol–water partition coefficient (Wildman–Crippen LogP) is 8.90. The van der Waals surface area contributed by atoms with Gasteiger partial charge >= 0.3 is 0 Å². The second-order valence-electron chi connectivity index (χ2n) is 12.1. The molecule has 46 heavy (non-hydrogen) atoms. The first-order valence-corrected chi connectivity index (χ1v) is 18.9. The molecular formula is C44H36P2. The Labute approximate surface area is 275 Å². The minimum Gasteiger partial charge on any atom is -0.0764 e. The van der Waals surface area contributed by atoms with E-state index in [-0.39, 0.29) is 0 Å². The fraction of sp³-hybridized carbons (Fsp3) is 0.0909. The maximum absolute atomic E-state index is 2.46. The van der Waals surface area contributed by atoms with Crippen LogP contribution in [0.3, 0.4) is 0 Å². The van der Waals surface area contributed by atoms with Gasteiger partial charge < -0.3 is 0 Å². The van der Waals surface area contributed by atoms with Gasteiger partial charge in [0.25, 0.3) is 0 Å². The molecule has 0 saturated heterocycles. The monoisotopic (exact) mass is 626 g/mol. The van der Waals surface area contributed by atoms with Gasteiger partial charge in [0.05, 0.1) is 0 Å². The van der Waals surface area contributed by atoms with Crippen molar-refractivity contribution in [3.05, 3.63) is 192 Å². The van der Waals surface area contributed by atoms with E-state index in [1.54, 1.807) is 0 Å². The van der Waals surface area contributed by atoms with Gasteiger partial charge in [-0.25, -0.2) is 0 Å². The summed E-state index contributed by atoms with van der Waals surface area (Å²) < 4.78 is 0. The summed E-state index contributed by atoms with van der Waals surface area (Å²) in [5.41, 5.74) is 5.75.